The van der Waals surface area contributed by atoms with Crippen LogP contribution in [0.2, 0.25) is 0 Å². The molecular weight excluding hydrogens is 138 g/mol. The Labute approximate surface area is 67.9 Å². The summed E-state index contributed by atoms with van der Waals surface area (Å²) < 4.78 is 0. The SMILES string of the molecule is C/C=C\CCC/C=C/C=N/O. The van der Waals surface area contributed by atoms with Crippen LogP contribution in [-0.2, 0) is 0 Å². The Hall–Kier alpha value is -1.05. The lowest BCUT2D eigenvalue weighted by molar-refractivity contribution is 0.322. The highest BCUT2D eigenvalue weighted by molar-refractivity contribution is 5.70. The molecule has 0 aliphatic carbocycles. The molecule has 0 aliphatic heterocycles. The predicted octanol–water partition coefficient (Wildman–Crippen LogP) is 2.75. The van der Waals surface area contributed by atoms with E-state index in [4.69, 9.17) is 5.21 Å². The zero-order valence-corrected chi connectivity index (χ0v) is 6.90. The van der Waals surface area contributed by atoms with Gasteiger partial charge in [-0.3, -0.25) is 0 Å². The van der Waals surface area contributed by atoms with Crippen LogP contribution in [-0.4, -0.2) is 11.4 Å². The van der Waals surface area contributed by atoms with Crippen LogP contribution in [0, 0.1) is 0 Å². The summed E-state index contributed by atoms with van der Waals surface area (Å²) in [6.45, 7) is 2.02. The largest absolute Gasteiger partial charge is 0.411 e. The molecule has 0 spiro atoms. The average Bonchev–Trinajstić information content (AvgIpc) is 2.03. The summed E-state index contributed by atoms with van der Waals surface area (Å²) in [7, 11) is 0. The first-order chi connectivity index (χ1) is 5.41. The van der Waals surface area contributed by atoms with Gasteiger partial charge in [-0.05, 0) is 32.3 Å². The van der Waals surface area contributed by atoms with Gasteiger partial charge in [-0.2, -0.15) is 0 Å². The van der Waals surface area contributed by atoms with Crippen molar-refractivity contribution in [2.24, 2.45) is 5.16 Å². The molecule has 0 aromatic rings. The van der Waals surface area contributed by atoms with Crippen molar-refractivity contribution in [1.82, 2.24) is 0 Å². The molecule has 0 aromatic carbocycles. The van der Waals surface area contributed by atoms with Gasteiger partial charge in [0.1, 0.15) is 0 Å². The number of rotatable bonds is 5. The Morgan fingerprint density at radius 2 is 2.00 bits per heavy atom. The molecule has 0 heterocycles. The highest BCUT2D eigenvalue weighted by Crippen LogP contribution is 1.96. The summed E-state index contributed by atoms with van der Waals surface area (Å²) >= 11 is 0. The van der Waals surface area contributed by atoms with E-state index in [0.717, 1.165) is 19.3 Å². The van der Waals surface area contributed by atoms with Crippen molar-refractivity contribution in [2.75, 3.05) is 0 Å². The summed E-state index contributed by atoms with van der Waals surface area (Å²) in [5, 5.41) is 10.9. The minimum absolute atomic E-state index is 1.04. The molecule has 0 radical (unpaired) electrons. The van der Waals surface area contributed by atoms with Gasteiger partial charge in [-0.25, -0.2) is 0 Å². The molecule has 0 saturated carbocycles. The van der Waals surface area contributed by atoms with E-state index in [1.165, 1.54) is 6.21 Å². The van der Waals surface area contributed by atoms with Crippen LogP contribution in [0.1, 0.15) is 26.2 Å². The zero-order chi connectivity index (χ0) is 8.36. The monoisotopic (exact) mass is 153 g/mol. The van der Waals surface area contributed by atoms with Gasteiger partial charge in [0.05, 0.1) is 6.21 Å². The Bertz CT molecular complexity index is 148. The first-order valence-corrected chi connectivity index (χ1v) is 3.85. The summed E-state index contributed by atoms with van der Waals surface area (Å²) in [4.78, 5) is 0. The molecule has 0 unspecified atom stereocenters. The van der Waals surface area contributed by atoms with Gasteiger partial charge >= 0.3 is 0 Å². The lowest BCUT2D eigenvalue weighted by Crippen LogP contribution is -1.69. The summed E-state index contributed by atoms with van der Waals surface area (Å²) in [5.41, 5.74) is 0. The third kappa shape index (κ3) is 8.95. The molecule has 2 heteroatoms. The molecule has 0 amide bonds. The van der Waals surface area contributed by atoms with Gasteiger partial charge in [0, 0.05) is 0 Å². The minimum atomic E-state index is 1.04. The summed E-state index contributed by atoms with van der Waals surface area (Å²) in [5.74, 6) is 0. The van der Waals surface area contributed by atoms with E-state index in [1.54, 1.807) is 6.08 Å². The van der Waals surface area contributed by atoms with Crippen LogP contribution in [0.4, 0.5) is 0 Å². The number of nitrogens with zero attached hydrogens (tertiary/aromatic N) is 1. The van der Waals surface area contributed by atoms with Crippen molar-refractivity contribution in [3.05, 3.63) is 24.3 Å². The van der Waals surface area contributed by atoms with Gasteiger partial charge in [0.25, 0.3) is 0 Å². The maximum Gasteiger partial charge on any atom is 0.0658 e. The Kier molecular flexibility index (Phi) is 8.10. The highest BCUT2D eigenvalue weighted by Gasteiger charge is 1.77. The van der Waals surface area contributed by atoms with Crippen molar-refractivity contribution in [3.63, 3.8) is 0 Å². The van der Waals surface area contributed by atoms with E-state index in [-0.39, 0.29) is 0 Å². The second kappa shape index (κ2) is 8.95. The van der Waals surface area contributed by atoms with Gasteiger partial charge in [-0.15, -0.1) is 0 Å². The number of hydrogen-bond acceptors (Lipinski definition) is 2. The number of unbranched alkanes of at least 4 members (excludes halogenated alkanes) is 2. The molecule has 11 heavy (non-hydrogen) atoms. The number of hydrogen-bond donors (Lipinski definition) is 1. The molecule has 1 N–H and O–H groups in total. The van der Waals surface area contributed by atoms with Crippen LogP contribution in [0.3, 0.4) is 0 Å². The third-order valence-corrected chi connectivity index (χ3v) is 1.27. The topological polar surface area (TPSA) is 32.6 Å². The Morgan fingerprint density at radius 3 is 2.64 bits per heavy atom. The summed E-state index contributed by atoms with van der Waals surface area (Å²) in [6, 6.07) is 0. The third-order valence-electron chi connectivity index (χ3n) is 1.27. The first kappa shape index (κ1) is 9.95. The van der Waals surface area contributed by atoms with E-state index in [1.807, 2.05) is 13.0 Å². The van der Waals surface area contributed by atoms with E-state index < -0.39 is 0 Å². The molecule has 2 nitrogen and oxygen atoms in total. The van der Waals surface area contributed by atoms with Crippen molar-refractivity contribution in [2.45, 2.75) is 26.2 Å². The molecule has 0 saturated heterocycles. The van der Waals surface area contributed by atoms with E-state index in [0.29, 0.717) is 0 Å². The lowest BCUT2D eigenvalue weighted by Gasteiger charge is -1.87. The van der Waals surface area contributed by atoms with Crippen LogP contribution in [0.5, 0.6) is 0 Å². The van der Waals surface area contributed by atoms with Gasteiger partial charge in [-0.1, -0.05) is 23.4 Å². The van der Waals surface area contributed by atoms with Crippen molar-refractivity contribution in [1.29, 1.82) is 0 Å². The second-order valence-corrected chi connectivity index (χ2v) is 2.19. The molecule has 62 valence electrons. The molecular formula is C9H15NO. The fraction of sp³-hybridized carbons (Fsp3) is 0.444. The van der Waals surface area contributed by atoms with Crippen LogP contribution < -0.4 is 0 Å². The van der Waals surface area contributed by atoms with E-state index >= 15 is 0 Å². The number of allylic oxidation sites excluding steroid dienone is 4. The quantitative estimate of drug-likeness (QED) is 0.213. The summed E-state index contributed by atoms with van der Waals surface area (Å²) in [6.07, 6.45) is 12.6. The maximum atomic E-state index is 8.01. The smallest absolute Gasteiger partial charge is 0.0658 e. The number of oxime groups is 1. The van der Waals surface area contributed by atoms with Gasteiger partial charge in [0.2, 0.25) is 0 Å². The molecule has 0 aromatic heterocycles. The van der Waals surface area contributed by atoms with Crippen molar-refractivity contribution < 1.29 is 5.21 Å². The molecule has 0 rings (SSSR count). The molecule has 0 fully saturated rings. The van der Waals surface area contributed by atoms with E-state index in [2.05, 4.69) is 17.3 Å². The highest BCUT2D eigenvalue weighted by atomic mass is 16.4. The molecule has 0 atom stereocenters. The molecule has 0 bridgehead atoms. The molecule has 0 aliphatic rings. The zero-order valence-electron chi connectivity index (χ0n) is 6.90. The average molecular weight is 153 g/mol. The van der Waals surface area contributed by atoms with Crippen molar-refractivity contribution >= 4 is 6.21 Å². The van der Waals surface area contributed by atoms with Crippen LogP contribution in [0.15, 0.2) is 29.5 Å². The fourth-order valence-electron chi connectivity index (χ4n) is 0.716. The Morgan fingerprint density at radius 1 is 1.27 bits per heavy atom. The first-order valence-electron chi connectivity index (χ1n) is 3.85. The minimum Gasteiger partial charge on any atom is -0.411 e. The lowest BCUT2D eigenvalue weighted by atomic mass is 10.2. The van der Waals surface area contributed by atoms with Crippen molar-refractivity contribution in [3.8, 4) is 0 Å². The Balaban J connectivity index is 3.13. The normalized spacial score (nSPS) is 12.5. The standard InChI is InChI=1S/C9H15NO/c1-2-3-4-5-6-7-8-9-10-11/h2-3,7-9,11H,4-6H2,1H3/b3-2-,8-7+,10-9+. The van der Waals surface area contributed by atoms with Crippen LogP contribution >= 0.6 is 0 Å². The second-order valence-electron chi connectivity index (χ2n) is 2.19. The maximum absolute atomic E-state index is 8.01. The fourth-order valence-corrected chi connectivity index (χ4v) is 0.716. The van der Waals surface area contributed by atoms with E-state index in [9.17, 15) is 0 Å². The van der Waals surface area contributed by atoms with Gasteiger partial charge in [0.15, 0.2) is 0 Å². The van der Waals surface area contributed by atoms with Crippen LogP contribution in [0.25, 0.3) is 0 Å². The van der Waals surface area contributed by atoms with Gasteiger partial charge < -0.3 is 5.21 Å². The predicted molar refractivity (Wildman–Crippen MR) is 48.1 cm³/mol.